The number of rotatable bonds is 6. The van der Waals surface area contributed by atoms with Crippen molar-refractivity contribution in [3.63, 3.8) is 0 Å². The number of hydrogen-bond donors (Lipinski definition) is 2. The number of hydrogen-bond acceptors (Lipinski definition) is 3. The smallest absolute Gasteiger partial charge is 0.222 e. The van der Waals surface area contributed by atoms with Crippen molar-refractivity contribution in [3.8, 4) is 0 Å². The number of benzene rings is 1. The molecular formula is C23H38IN5O. The van der Waals surface area contributed by atoms with Crippen LogP contribution in [0.3, 0.4) is 0 Å². The van der Waals surface area contributed by atoms with Gasteiger partial charge in [-0.25, -0.2) is 0 Å². The first kappa shape index (κ1) is 24.9. The van der Waals surface area contributed by atoms with Gasteiger partial charge in [0.25, 0.3) is 0 Å². The van der Waals surface area contributed by atoms with E-state index in [-0.39, 0.29) is 35.9 Å². The summed E-state index contributed by atoms with van der Waals surface area (Å²) in [4.78, 5) is 20.8. The Labute approximate surface area is 198 Å². The van der Waals surface area contributed by atoms with Gasteiger partial charge in [-0.3, -0.25) is 14.7 Å². The van der Waals surface area contributed by atoms with E-state index in [0.29, 0.717) is 6.42 Å². The van der Waals surface area contributed by atoms with Crippen LogP contribution in [0.4, 0.5) is 0 Å². The van der Waals surface area contributed by atoms with Crippen molar-refractivity contribution in [1.82, 2.24) is 20.4 Å². The minimum absolute atomic E-state index is 0. The average Bonchev–Trinajstić information content (AvgIpc) is 3.20. The Bertz CT molecular complexity index is 711. The van der Waals surface area contributed by atoms with Gasteiger partial charge in [0, 0.05) is 52.2 Å². The van der Waals surface area contributed by atoms with Crippen molar-refractivity contribution in [2.24, 2.45) is 10.9 Å². The van der Waals surface area contributed by atoms with Gasteiger partial charge in [-0.15, -0.1) is 24.0 Å². The predicted molar refractivity (Wildman–Crippen MR) is 134 cm³/mol. The van der Waals surface area contributed by atoms with E-state index < -0.39 is 0 Å². The number of halogens is 1. The van der Waals surface area contributed by atoms with Crippen LogP contribution < -0.4 is 10.6 Å². The summed E-state index contributed by atoms with van der Waals surface area (Å²) in [5.74, 6) is 1.84. The molecular weight excluding hydrogens is 489 g/mol. The van der Waals surface area contributed by atoms with E-state index in [1.807, 2.05) is 11.8 Å². The Kier molecular flexibility index (Phi) is 10.4. The first-order valence-electron chi connectivity index (χ1n) is 11.1. The van der Waals surface area contributed by atoms with E-state index in [0.717, 1.165) is 44.5 Å². The van der Waals surface area contributed by atoms with Gasteiger partial charge < -0.3 is 15.5 Å². The van der Waals surface area contributed by atoms with Gasteiger partial charge in [0.1, 0.15) is 0 Å². The molecule has 0 aliphatic carbocycles. The van der Waals surface area contributed by atoms with E-state index in [2.05, 4.69) is 51.7 Å². The van der Waals surface area contributed by atoms with E-state index in [9.17, 15) is 4.79 Å². The third kappa shape index (κ3) is 7.11. The fourth-order valence-electron chi connectivity index (χ4n) is 4.45. The highest BCUT2D eigenvalue weighted by molar-refractivity contribution is 14.0. The lowest BCUT2D eigenvalue weighted by molar-refractivity contribution is -0.129. The van der Waals surface area contributed by atoms with Crippen LogP contribution in [0.25, 0.3) is 0 Å². The first-order valence-corrected chi connectivity index (χ1v) is 11.1. The van der Waals surface area contributed by atoms with Gasteiger partial charge in [0.05, 0.1) is 0 Å². The largest absolute Gasteiger partial charge is 0.352 e. The summed E-state index contributed by atoms with van der Waals surface area (Å²) in [6, 6.07) is 8.97. The van der Waals surface area contributed by atoms with Crippen LogP contribution in [-0.4, -0.2) is 60.9 Å². The molecule has 2 aliphatic heterocycles. The molecule has 0 aromatic heterocycles. The Morgan fingerprint density at radius 1 is 1.17 bits per heavy atom. The quantitative estimate of drug-likeness (QED) is 0.339. The average molecular weight is 527 g/mol. The maximum absolute atomic E-state index is 11.9. The second-order valence-electron chi connectivity index (χ2n) is 8.50. The number of nitrogens with one attached hydrogen (secondary N) is 2. The van der Waals surface area contributed by atoms with Gasteiger partial charge in [-0.2, -0.15) is 0 Å². The second kappa shape index (κ2) is 12.5. The van der Waals surface area contributed by atoms with Crippen LogP contribution in [0.1, 0.15) is 50.7 Å². The highest BCUT2D eigenvalue weighted by Gasteiger charge is 2.25. The number of amides is 1. The monoisotopic (exact) mass is 527 g/mol. The lowest BCUT2D eigenvalue weighted by Crippen LogP contribution is -2.44. The van der Waals surface area contributed by atoms with E-state index in [1.165, 1.54) is 37.1 Å². The van der Waals surface area contributed by atoms with Gasteiger partial charge >= 0.3 is 0 Å². The van der Waals surface area contributed by atoms with Crippen molar-refractivity contribution >= 4 is 35.8 Å². The van der Waals surface area contributed by atoms with Gasteiger partial charge in [0.15, 0.2) is 5.96 Å². The molecule has 0 radical (unpaired) electrons. The molecule has 0 spiro atoms. The van der Waals surface area contributed by atoms with Crippen LogP contribution in [0.2, 0.25) is 0 Å². The fraction of sp³-hybridized carbons (Fsp3) is 0.652. The molecule has 2 N–H and O–H groups in total. The summed E-state index contributed by atoms with van der Waals surface area (Å²) in [5.41, 5.74) is 2.72. The molecule has 30 heavy (non-hydrogen) atoms. The Morgan fingerprint density at radius 3 is 2.63 bits per heavy atom. The number of carbonyl (C=O) groups is 1. The third-order valence-corrected chi connectivity index (χ3v) is 6.11. The number of nitrogens with zero attached hydrogens (tertiary/aromatic N) is 3. The number of guanidine groups is 1. The summed E-state index contributed by atoms with van der Waals surface area (Å²) in [5, 5.41) is 6.96. The lowest BCUT2D eigenvalue weighted by atomic mass is 9.99. The minimum Gasteiger partial charge on any atom is -0.352 e. The van der Waals surface area contributed by atoms with Crippen LogP contribution in [0.15, 0.2) is 29.3 Å². The fourth-order valence-corrected chi connectivity index (χ4v) is 4.45. The molecule has 2 heterocycles. The Hall–Kier alpha value is -1.35. The van der Waals surface area contributed by atoms with Crippen molar-refractivity contribution in [2.45, 2.75) is 58.7 Å². The lowest BCUT2D eigenvalue weighted by Gasteiger charge is -2.31. The maximum Gasteiger partial charge on any atom is 0.222 e. The molecule has 2 aliphatic rings. The molecule has 0 saturated carbocycles. The molecule has 7 heteroatoms. The van der Waals surface area contributed by atoms with Crippen LogP contribution in [0.5, 0.6) is 0 Å². The van der Waals surface area contributed by atoms with Gasteiger partial charge in [-0.05, 0) is 42.9 Å². The Balaban J connectivity index is 0.00000320. The van der Waals surface area contributed by atoms with Crippen LogP contribution >= 0.6 is 24.0 Å². The molecule has 3 rings (SSSR count). The summed E-state index contributed by atoms with van der Waals surface area (Å²) in [7, 11) is 1.81. The van der Waals surface area contributed by atoms with Gasteiger partial charge in [-0.1, -0.05) is 38.1 Å². The first-order chi connectivity index (χ1) is 14.1. The summed E-state index contributed by atoms with van der Waals surface area (Å²) < 4.78 is 0. The molecule has 2 unspecified atom stereocenters. The molecule has 2 fully saturated rings. The minimum atomic E-state index is 0. The molecule has 2 atom stereocenters. The zero-order valence-corrected chi connectivity index (χ0v) is 21.0. The number of aliphatic imine (C=N–C) groups is 1. The summed E-state index contributed by atoms with van der Waals surface area (Å²) in [6.07, 6.45) is 4.20. The standard InChI is InChI=1S/C23H37N5O.HI/c1-4-22(29)28-13-11-21(17-28)26-23(24-3)25-14-19-9-5-6-10-20(19)16-27-12-7-8-18(2)15-27;/h5-6,9-10,18,21H,4,7-8,11-17H2,1-3H3,(H2,24,25,26);1H. The topological polar surface area (TPSA) is 60.0 Å². The molecule has 1 aromatic rings. The van der Waals surface area contributed by atoms with Crippen LogP contribution in [0, 0.1) is 5.92 Å². The predicted octanol–water partition coefficient (Wildman–Crippen LogP) is 3.21. The number of carbonyl (C=O) groups excluding carboxylic acids is 1. The molecule has 1 aromatic carbocycles. The summed E-state index contributed by atoms with van der Waals surface area (Å²) in [6.45, 7) is 10.0. The second-order valence-corrected chi connectivity index (χ2v) is 8.50. The molecule has 1 amide bonds. The van der Waals surface area contributed by atoms with Crippen molar-refractivity contribution in [3.05, 3.63) is 35.4 Å². The normalized spacial score (nSPS) is 22.5. The molecule has 2 saturated heterocycles. The van der Waals surface area contributed by atoms with E-state index in [4.69, 9.17) is 0 Å². The zero-order chi connectivity index (χ0) is 20.6. The van der Waals surface area contributed by atoms with Crippen molar-refractivity contribution < 1.29 is 4.79 Å². The van der Waals surface area contributed by atoms with E-state index in [1.54, 1.807) is 7.05 Å². The summed E-state index contributed by atoms with van der Waals surface area (Å²) >= 11 is 0. The van der Waals surface area contributed by atoms with Crippen LogP contribution in [-0.2, 0) is 17.9 Å². The highest BCUT2D eigenvalue weighted by atomic mass is 127. The molecule has 0 bridgehead atoms. The highest BCUT2D eigenvalue weighted by Crippen LogP contribution is 2.19. The van der Waals surface area contributed by atoms with Crippen molar-refractivity contribution in [2.75, 3.05) is 33.2 Å². The SMILES string of the molecule is CCC(=O)N1CCC(NC(=NC)NCc2ccccc2CN2CCCC(C)C2)C1.I. The van der Waals surface area contributed by atoms with E-state index >= 15 is 0 Å². The Morgan fingerprint density at radius 2 is 1.93 bits per heavy atom. The zero-order valence-electron chi connectivity index (χ0n) is 18.7. The maximum atomic E-state index is 11.9. The van der Waals surface area contributed by atoms with Gasteiger partial charge in [0.2, 0.25) is 5.91 Å². The number of piperidine rings is 1. The molecule has 6 nitrogen and oxygen atoms in total. The van der Waals surface area contributed by atoms with Crippen molar-refractivity contribution in [1.29, 1.82) is 0 Å². The number of likely N-dealkylation sites (tertiary alicyclic amines) is 2. The molecule has 168 valence electrons. The third-order valence-electron chi connectivity index (χ3n) is 6.11.